The van der Waals surface area contributed by atoms with Crippen LogP contribution in [-0.4, -0.2) is 29.7 Å². The maximum Gasteiger partial charge on any atom is 0.273 e. The lowest BCUT2D eigenvalue weighted by molar-refractivity contribution is 0.404. The first-order valence-corrected chi connectivity index (χ1v) is 8.07. The van der Waals surface area contributed by atoms with E-state index in [-0.39, 0.29) is 4.21 Å². The summed E-state index contributed by atoms with van der Waals surface area (Å²) in [5.41, 5.74) is 0.431. The van der Waals surface area contributed by atoms with Gasteiger partial charge >= 0.3 is 0 Å². The van der Waals surface area contributed by atoms with Crippen LogP contribution in [0.25, 0.3) is 0 Å². The standard InChI is InChI=1S/C13H15NO4S2/c1-14(20(15,16)13-5-4-8-19-13)11-9-10(17-2)6-7-12(11)18-3/h4-9H,1-3H3. The summed E-state index contributed by atoms with van der Waals surface area (Å²) in [6.07, 6.45) is 0. The lowest BCUT2D eigenvalue weighted by Crippen LogP contribution is -2.26. The van der Waals surface area contributed by atoms with Crippen LogP contribution in [0.4, 0.5) is 5.69 Å². The Bertz CT molecular complexity index is 680. The average molecular weight is 313 g/mol. The second-order valence-electron chi connectivity index (χ2n) is 3.94. The van der Waals surface area contributed by atoms with Crippen LogP contribution in [-0.2, 0) is 10.0 Å². The van der Waals surface area contributed by atoms with E-state index in [1.807, 2.05) is 0 Å². The second-order valence-corrected chi connectivity index (χ2v) is 7.09. The van der Waals surface area contributed by atoms with Gasteiger partial charge in [-0.25, -0.2) is 8.42 Å². The molecule has 108 valence electrons. The molecule has 2 aromatic rings. The monoisotopic (exact) mass is 313 g/mol. The topological polar surface area (TPSA) is 55.8 Å². The highest BCUT2D eigenvalue weighted by atomic mass is 32.2. The predicted octanol–water partition coefficient (Wildman–Crippen LogP) is 2.59. The van der Waals surface area contributed by atoms with E-state index in [0.29, 0.717) is 17.2 Å². The van der Waals surface area contributed by atoms with Gasteiger partial charge < -0.3 is 9.47 Å². The number of rotatable bonds is 5. The third kappa shape index (κ3) is 2.59. The minimum Gasteiger partial charge on any atom is -0.497 e. The summed E-state index contributed by atoms with van der Waals surface area (Å²) in [4.78, 5) is 0. The molecular formula is C13H15NO4S2. The van der Waals surface area contributed by atoms with Crippen LogP contribution >= 0.6 is 11.3 Å². The molecule has 0 spiro atoms. The zero-order chi connectivity index (χ0) is 14.8. The first-order chi connectivity index (χ1) is 9.50. The van der Waals surface area contributed by atoms with Gasteiger partial charge in [0, 0.05) is 13.1 Å². The van der Waals surface area contributed by atoms with E-state index in [1.54, 1.807) is 35.7 Å². The summed E-state index contributed by atoms with van der Waals surface area (Å²) in [6.45, 7) is 0. The highest BCUT2D eigenvalue weighted by Gasteiger charge is 2.25. The Morgan fingerprint density at radius 1 is 1.15 bits per heavy atom. The molecule has 0 saturated carbocycles. The van der Waals surface area contributed by atoms with Crippen LogP contribution in [0.1, 0.15) is 0 Å². The minimum atomic E-state index is -3.59. The summed E-state index contributed by atoms with van der Waals surface area (Å²) >= 11 is 1.17. The van der Waals surface area contributed by atoms with Crippen molar-refractivity contribution < 1.29 is 17.9 Å². The number of sulfonamides is 1. The van der Waals surface area contributed by atoms with Gasteiger partial charge in [0.1, 0.15) is 15.7 Å². The molecule has 5 nitrogen and oxygen atoms in total. The van der Waals surface area contributed by atoms with E-state index in [0.717, 1.165) is 0 Å². The van der Waals surface area contributed by atoms with E-state index < -0.39 is 10.0 Å². The van der Waals surface area contributed by atoms with Gasteiger partial charge in [0.05, 0.1) is 19.9 Å². The Morgan fingerprint density at radius 3 is 2.45 bits per heavy atom. The van der Waals surface area contributed by atoms with Crippen LogP contribution in [0, 0.1) is 0 Å². The van der Waals surface area contributed by atoms with Crippen molar-refractivity contribution in [2.75, 3.05) is 25.6 Å². The molecule has 7 heteroatoms. The fourth-order valence-corrected chi connectivity index (χ4v) is 4.08. The maximum atomic E-state index is 12.5. The molecule has 0 unspecified atom stereocenters. The minimum absolute atomic E-state index is 0.282. The van der Waals surface area contributed by atoms with E-state index in [1.165, 1.54) is 36.9 Å². The van der Waals surface area contributed by atoms with E-state index >= 15 is 0 Å². The van der Waals surface area contributed by atoms with Crippen molar-refractivity contribution in [1.29, 1.82) is 0 Å². The summed E-state index contributed by atoms with van der Waals surface area (Å²) in [5.74, 6) is 1.03. The molecule has 1 aromatic heterocycles. The SMILES string of the molecule is COc1ccc(OC)c(N(C)S(=O)(=O)c2cccs2)c1. The van der Waals surface area contributed by atoms with Crippen molar-refractivity contribution in [3.63, 3.8) is 0 Å². The molecule has 0 fully saturated rings. The predicted molar refractivity (Wildman–Crippen MR) is 79.5 cm³/mol. The number of ether oxygens (including phenoxy) is 2. The summed E-state index contributed by atoms with van der Waals surface area (Å²) in [5, 5.41) is 1.73. The molecule has 20 heavy (non-hydrogen) atoms. The number of nitrogens with zero attached hydrogens (tertiary/aromatic N) is 1. The van der Waals surface area contributed by atoms with Gasteiger partial charge in [-0.3, -0.25) is 4.31 Å². The van der Waals surface area contributed by atoms with Gasteiger partial charge in [0.15, 0.2) is 0 Å². The fraction of sp³-hybridized carbons (Fsp3) is 0.231. The van der Waals surface area contributed by atoms with Gasteiger partial charge in [-0.15, -0.1) is 11.3 Å². The largest absolute Gasteiger partial charge is 0.497 e. The van der Waals surface area contributed by atoms with Crippen LogP contribution in [0.15, 0.2) is 39.9 Å². The Kier molecular flexibility index (Phi) is 4.20. The highest BCUT2D eigenvalue weighted by molar-refractivity contribution is 7.94. The smallest absolute Gasteiger partial charge is 0.273 e. The zero-order valence-corrected chi connectivity index (χ0v) is 13.0. The summed E-state index contributed by atoms with van der Waals surface area (Å²) in [6, 6.07) is 8.30. The Morgan fingerprint density at radius 2 is 1.90 bits per heavy atom. The van der Waals surface area contributed by atoms with Crippen molar-refractivity contribution >= 4 is 27.0 Å². The Balaban J connectivity index is 2.50. The van der Waals surface area contributed by atoms with Gasteiger partial charge in [0.2, 0.25) is 0 Å². The Hall–Kier alpha value is -1.73. The van der Waals surface area contributed by atoms with E-state index in [9.17, 15) is 8.42 Å². The lowest BCUT2D eigenvalue weighted by Gasteiger charge is -2.21. The lowest BCUT2D eigenvalue weighted by atomic mass is 10.3. The summed E-state index contributed by atoms with van der Waals surface area (Å²) in [7, 11) is 0.927. The molecule has 0 atom stereocenters. The number of hydrogen-bond donors (Lipinski definition) is 0. The van der Waals surface area contributed by atoms with Crippen molar-refractivity contribution in [3.8, 4) is 11.5 Å². The molecule has 0 N–H and O–H groups in total. The van der Waals surface area contributed by atoms with Crippen LogP contribution in [0.3, 0.4) is 0 Å². The third-order valence-corrected chi connectivity index (χ3v) is 5.98. The number of hydrogen-bond acceptors (Lipinski definition) is 5. The molecule has 1 heterocycles. The number of benzene rings is 1. The average Bonchev–Trinajstić information content (AvgIpc) is 3.00. The molecule has 0 radical (unpaired) electrons. The molecule has 0 aliphatic carbocycles. The molecule has 0 amide bonds. The van der Waals surface area contributed by atoms with Gasteiger partial charge in [0.25, 0.3) is 10.0 Å². The van der Waals surface area contributed by atoms with Crippen molar-refractivity contribution in [2.45, 2.75) is 4.21 Å². The molecule has 0 saturated heterocycles. The molecule has 1 aromatic carbocycles. The molecular weight excluding hydrogens is 298 g/mol. The number of thiophene rings is 1. The fourth-order valence-electron chi connectivity index (χ4n) is 1.72. The molecule has 2 rings (SSSR count). The summed E-state index contributed by atoms with van der Waals surface area (Å²) < 4.78 is 36.8. The van der Waals surface area contributed by atoms with Crippen LogP contribution in [0.5, 0.6) is 11.5 Å². The zero-order valence-electron chi connectivity index (χ0n) is 11.4. The molecule has 0 aliphatic heterocycles. The van der Waals surface area contributed by atoms with Crippen molar-refractivity contribution in [2.24, 2.45) is 0 Å². The molecule has 0 aliphatic rings. The maximum absolute atomic E-state index is 12.5. The van der Waals surface area contributed by atoms with Gasteiger partial charge in [-0.05, 0) is 23.6 Å². The molecule has 0 bridgehead atoms. The third-order valence-electron chi connectivity index (χ3n) is 2.84. The quantitative estimate of drug-likeness (QED) is 0.851. The van der Waals surface area contributed by atoms with Crippen molar-refractivity contribution in [3.05, 3.63) is 35.7 Å². The highest BCUT2D eigenvalue weighted by Crippen LogP contribution is 2.35. The second kappa shape index (κ2) is 5.72. The van der Waals surface area contributed by atoms with Crippen molar-refractivity contribution in [1.82, 2.24) is 0 Å². The first-order valence-electron chi connectivity index (χ1n) is 5.75. The number of methoxy groups -OCH3 is 2. The van der Waals surface area contributed by atoms with Crippen LogP contribution in [0.2, 0.25) is 0 Å². The van der Waals surface area contributed by atoms with E-state index in [2.05, 4.69) is 0 Å². The van der Waals surface area contributed by atoms with Crippen LogP contribution < -0.4 is 13.8 Å². The Labute approximate surface area is 122 Å². The number of anilines is 1. The van der Waals surface area contributed by atoms with Gasteiger partial charge in [-0.2, -0.15) is 0 Å². The normalized spacial score (nSPS) is 11.2. The van der Waals surface area contributed by atoms with E-state index in [4.69, 9.17) is 9.47 Å². The van der Waals surface area contributed by atoms with Gasteiger partial charge in [-0.1, -0.05) is 6.07 Å². The first kappa shape index (κ1) is 14.7.